The van der Waals surface area contributed by atoms with Crippen molar-refractivity contribution in [3.63, 3.8) is 0 Å². The van der Waals surface area contributed by atoms with Crippen molar-refractivity contribution in [3.05, 3.63) is 78.9 Å². The minimum Gasteiger partial charge on any atom is -0.290 e. The lowest BCUT2D eigenvalue weighted by atomic mass is 10.0. The van der Waals surface area contributed by atoms with Gasteiger partial charge < -0.3 is 0 Å². The molecule has 0 bridgehead atoms. The fraction of sp³-hybridized carbons (Fsp3) is 0. The van der Waals surface area contributed by atoms with Gasteiger partial charge in [0.05, 0.1) is 10.4 Å². The summed E-state index contributed by atoms with van der Waals surface area (Å²) in [6, 6.07) is 24.0. The molecule has 0 unspecified atom stereocenters. The van der Waals surface area contributed by atoms with Gasteiger partial charge in [0.25, 0.3) is 10.0 Å². The van der Waals surface area contributed by atoms with E-state index in [2.05, 4.69) is 20.5 Å². The summed E-state index contributed by atoms with van der Waals surface area (Å²) < 4.78 is 24.7. The minimum absolute atomic E-state index is 0.178. The predicted molar refractivity (Wildman–Crippen MR) is 102 cm³/mol. The maximum Gasteiger partial charge on any atom is 0.257 e. The Morgan fingerprint density at radius 3 is 2.23 bits per heavy atom. The first kappa shape index (κ1) is 16.3. The summed E-state index contributed by atoms with van der Waals surface area (Å²) in [7, 11) is -3.68. The number of hydrogen-bond acceptors (Lipinski definition) is 4. The van der Waals surface area contributed by atoms with Crippen LogP contribution in [0.2, 0.25) is 0 Å². The Hall–Kier alpha value is -3.16. The number of nitrogens with one attached hydrogen (secondary N) is 3. The van der Waals surface area contributed by atoms with E-state index in [1.807, 2.05) is 48.5 Å². The molecule has 7 heteroatoms. The Bertz CT molecular complexity index is 1140. The number of hydrogen-bond donors (Lipinski definition) is 3. The van der Waals surface area contributed by atoms with Gasteiger partial charge in [0.1, 0.15) is 0 Å². The van der Waals surface area contributed by atoms with Crippen LogP contribution in [0.4, 0.5) is 5.82 Å². The lowest BCUT2D eigenvalue weighted by Gasteiger charge is -2.08. The average molecular weight is 364 g/mol. The van der Waals surface area contributed by atoms with Gasteiger partial charge in [-0.2, -0.15) is 5.10 Å². The normalized spacial score (nSPS) is 11.5. The second-order valence-corrected chi connectivity index (χ2v) is 7.42. The number of rotatable bonds is 5. The molecular formula is C19H16N4O2S. The molecule has 0 atom stereocenters. The predicted octanol–water partition coefficient (Wildman–Crippen LogP) is 3.54. The van der Waals surface area contributed by atoms with Crippen LogP contribution in [0, 0.1) is 0 Å². The summed E-state index contributed by atoms with van der Waals surface area (Å²) in [5, 5.41) is 7.85. The number of sulfonamides is 1. The maximum absolute atomic E-state index is 12.3. The molecule has 1 aromatic heterocycles. The van der Waals surface area contributed by atoms with Crippen molar-refractivity contribution in [1.82, 2.24) is 15.0 Å². The van der Waals surface area contributed by atoms with Crippen LogP contribution < -0.4 is 10.3 Å². The molecule has 0 fully saturated rings. The molecule has 0 radical (unpaired) electrons. The van der Waals surface area contributed by atoms with Crippen LogP contribution >= 0.6 is 0 Å². The smallest absolute Gasteiger partial charge is 0.257 e. The SMILES string of the molecule is O=S(=O)(NNc1n[nH]c2ccc(-c3ccccc3)cc12)c1ccccc1. The Morgan fingerprint density at radius 1 is 0.808 bits per heavy atom. The van der Waals surface area contributed by atoms with Crippen molar-refractivity contribution in [2.75, 3.05) is 5.43 Å². The fourth-order valence-corrected chi connectivity index (χ4v) is 3.56. The highest BCUT2D eigenvalue weighted by molar-refractivity contribution is 7.89. The first-order valence-corrected chi connectivity index (χ1v) is 9.48. The van der Waals surface area contributed by atoms with Crippen molar-refractivity contribution in [2.45, 2.75) is 4.90 Å². The highest BCUT2D eigenvalue weighted by Gasteiger charge is 2.14. The van der Waals surface area contributed by atoms with Gasteiger partial charge in [0, 0.05) is 5.39 Å². The monoisotopic (exact) mass is 364 g/mol. The molecule has 0 aliphatic heterocycles. The third-order valence-electron chi connectivity index (χ3n) is 4.03. The van der Waals surface area contributed by atoms with E-state index in [4.69, 9.17) is 0 Å². The molecular weight excluding hydrogens is 348 g/mol. The molecule has 4 aromatic rings. The van der Waals surface area contributed by atoms with E-state index in [1.165, 1.54) is 12.1 Å². The highest BCUT2D eigenvalue weighted by atomic mass is 32.2. The zero-order valence-corrected chi connectivity index (χ0v) is 14.5. The molecule has 1 heterocycles. The highest BCUT2D eigenvalue weighted by Crippen LogP contribution is 2.27. The van der Waals surface area contributed by atoms with E-state index in [-0.39, 0.29) is 4.90 Å². The van der Waals surface area contributed by atoms with E-state index in [0.717, 1.165) is 22.0 Å². The molecule has 130 valence electrons. The summed E-state index contributed by atoms with van der Waals surface area (Å²) in [6.45, 7) is 0. The lowest BCUT2D eigenvalue weighted by molar-refractivity contribution is 0.587. The van der Waals surface area contributed by atoms with Crippen LogP contribution in [0.3, 0.4) is 0 Å². The average Bonchev–Trinajstić information content (AvgIpc) is 3.10. The second kappa shape index (κ2) is 6.62. The summed E-state index contributed by atoms with van der Waals surface area (Å²) >= 11 is 0. The summed E-state index contributed by atoms with van der Waals surface area (Å²) in [4.78, 5) is 2.55. The molecule has 0 amide bonds. The molecule has 0 spiro atoms. The second-order valence-electron chi connectivity index (χ2n) is 5.74. The number of nitrogens with zero attached hydrogens (tertiary/aromatic N) is 1. The van der Waals surface area contributed by atoms with Crippen LogP contribution in [0.5, 0.6) is 0 Å². The summed E-state index contributed by atoms with van der Waals surface area (Å²) in [5.74, 6) is 0.414. The molecule has 0 saturated heterocycles. The number of H-pyrrole nitrogens is 1. The Morgan fingerprint density at radius 2 is 1.50 bits per heavy atom. The fourth-order valence-electron chi connectivity index (χ4n) is 2.69. The van der Waals surface area contributed by atoms with Crippen LogP contribution in [-0.4, -0.2) is 18.6 Å². The van der Waals surface area contributed by atoms with Gasteiger partial charge in [-0.15, -0.1) is 4.83 Å². The third-order valence-corrected chi connectivity index (χ3v) is 5.29. The van der Waals surface area contributed by atoms with Crippen molar-refractivity contribution in [1.29, 1.82) is 0 Å². The molecule has 4 rings (SSSR count). The standard InChI is InChI=1S/C19H16N4O2S/c24-26(25,16-9-5-2-6-10-16)23-22-19-17-13-15(11-12-18(17)20-21-19)14-7-3-1-4-8-14/h1-13,23H,(H2,20,21,22). The van der Waals surface area contributed by atoms with Gasteiger partial charge in [-0.1, -0.05) is 54.6 Å². The van der Waals surface area contributed by atoms with Gasteiger partial charge in [-0.25, -0.2) is 8.42 Å². The van der Waals surface area contributed by atoms with Gasteiger partial charge in [-0.3, -0.25) is 10.5 Å². The third kappa shape index (κ3) is 3.17. The molecule has 0 saturated carbocycles. The maximum atomic E-state index is 12.3. The zero-order chi connectivity index (χ0) is 18.0. The first-order valence-electron chi connectivity index (χ1n) is 8.00. The first-order chi connectivity index (χ1) is 12.6. The molecule has 3 N–H and O–H groups in total. The molecule has 0 aliphatic rings. The van der Waals surface area contributed by atoms with E-state index in [0.29, 0.717) is 5.82 Å². The summed E-state index contributed by atoms with van der Waals surface area (Å²) in [6.07, 6.45) is 0. The number of hydrazine groups is 1. The van der Waals surface area contributed by atoms with Crippen LogP contribution in [0.15, 0.2) is 83.8 Å². The topological polar surface area (TPSA) is 86.9 Å². The van der Waals surface area contributed by atoms with Gasteiger partial charge in [0.2, 0.25) is 0 Å². The zero-order valence-electron chi connectivity index (χ0n) is 13.7. The van der Waals surface area contributed by atoms with Crippen LogP contribution in [-0.2, 0) is 10.0 Å². The molecule has 3 aromatic carbocycles. The van der Waals surface area contributed by atoms with Crippen LogP contribution in [0.1, 0.15) is 0 Å². The largest absolute Gasteiger partial charge is 0.290 e. The minimum atomic E-state index is -3.68. The van der Waals surface area contributed by atoms with E-state index in [9.17, 15) is 8.42 Å². The van der Waals surface area contributed by atoms with Crippen molar-refractivity contribution < 1.29 is 8.42 Å². The number of aromatic nitrogens is 2. The van der Waals surface area contributed by atoms with Crippen molar-refractivity contribution in [2.24, 2.45) is 0 Å². The van der Waals surface area contributed by atoms with E-state index >= 15 is 0 Å². The van der Waals surface area contributed by atoms with Gasteiger partial charge in [-0.05, 0) is 35.4 Å². The van der Waals surface area contributed by atoms with E-state index in [1.54, 1.807) is 18.2 Å². The number of anilines is 1. The Labute approximate surface area is 150 Å². The summed E-state index contributed by atoms with van der Waals surface area (Å²) in [5.41, 5.74) is 5.61. The van der Waals surface area contributed by atoms with Crippen LogP contribution in [0.25, 0.3) is 22.0 Å². The number of aromatic amines is 1. The quantitative estimate of drug-likeness (QED) is 0.473. The number of benzene rings is 3. The Kier molecular flexibility index (Phi) is 4.16. The molecule has 6 nitrogen and oxygen atoms in total. The van der Waals surface area contributed by atoms with Gasteiger partial charge >= 0.3 is 0 Å². The van der Waals surface area contributed by atoms with Crippen molar-refractivity contribution >= 4 is 26.7 Å². The van der Waals surface area contributed by atoms with E-state index < -0.39 is 10.0 Å². The lowest BCUT2D eigenvalue weighted by Crippen LogP contribution is -2.29. The van der Waals surface area contributed by atoms with Gasteiger partial charge in [0.15, 0.2) is 5.82 Å². The number of fused-ring (bicyclic) bond motifs is 1. The molecule has 26 heavy (non-hydrogen) atoms. The molecule has 0 aliphatic carbocycles. The Balaban J connectivity index is 1.63. The van der Waals surface area contributed by atoms with Crippen molar-refractivity contribution in [3.8, 4) is 11.1 Å².